The minimum Gasteiger partial charge on any atom is -0.464 e. The van der Waals surface area contributed by atoms with Gasteiger partial charge in [-0.25, -0.2) is 0 Å². The minimum absolute atomic E-state index is 0.921. The molecule has 0 aliphatic heterocycles. The smallest absolute Gasteiger partial charge is 0.134 e. The average molecular weight is 368 g/mol. The van der Waals surface area contributed by atoms with Crippen LogP contribution < -0.4 is 0 Å². The summed E-state index contributed by atoms with van der Waals surface area (Å²) in [7, 11) is 0. The van der Waals surface area contributed by atoms with Crippen LogP contribution in [0.4, 0.5) is 0 Å². The number of benzene rings is 5. The molecule has 0 fully saturated rings. The van der Waals surface area contributed by atoms with Crippen LogP contribution in [0, 0.1) is 0 Å². The molecule has 1 aromatic heterocycles. The van der Waals surface area contributed by atoms with Crippen molar-refractivity contribution >= 4 is 64.8 Å². The number of hydrogen-bond acceptors (Lipinski definition) is 1. The molecule has 0 aliphatic carbocycles. The summed E-state index contributed by atoms with van der Waals surface area (Å²) in [5.74, 6) is 0. The van der Waals surface area contributed by atoms with Crippen LogP contribution in [0.3, 0.4) is 0 Å². The lowest BCUT2D eigenvalue weighted by Gasteiger charge is -2.09. The first-order valence-electron chi connectivity index (χ1n) is 9.94. The van der Waals surface area contributed by atoms with Gasteiger partial charge in [-0.15, -0.1) is 0 Å². The molecular formula is C28H16O. The SMILES string of the molecule is c1ccc2c(c1)cc1c2ccc2c3cc4c(ccc5occcc54)cc3ccc21. The lowest BCUT2D eigenvalue weighted by atomic mass is 9.95. The summed E-state index contributed by atoms with van der Waals surface area (Å²) in [5.41, 5.74) is 0.921. The molecule has 0 amide bonds. The van der Waals surface area contributed by atoms with Crippen LogP contribution >= 0.6 is 0 Å². The molecule has 0 atom stereocenters. The fourth-order valence-corrected chi connectivity index (χ4v) is 4.93. The molecule has 0 saturated carbocycles. The van der Waals surface area contributed by atoms with Crippen molar-refractivity contribution in [2.24, 2.45) is 0 Å². The lowest BCUT2D eigenvalue weighted by molar-refractivity contribution is 0.604. The highest BCUT2D eigenvalue weighted by atomic mass is 16.3. The van der Waals surface area contributed by atoms with Gasteiger partial charge in [-0.05, 0) is 90.3 Å². The molecule has 6 aromatic carbocycles. The number of fused-ring (bicyclic) bond motifs is 10. The molecule has 0 bridgehead atoms. The minimum atomic E-state index is 0.921. The van der Waals surface area contributed by atoms with Crippen molar-refractivity contribution in [3.8, 4) is 0 Å². The Hall–Kier alpha value is -3.84. The van der Waals surface area contributed by atoms with Gasteiger partial charge in [-0.1, -0.05) is 54.6 Å². The van der Waals surface area contributed by atoms with E-state index in [0.717, 1.165) is 11.0 Å². The Balaban J connectivity index is 1.68. The van der Waals surface area contributed by atoms with E-state index in [9.17, 15) is 0 Å². The molecule has 29 heavy (non-hydrogen) atoms. The average Bonchev–Trinajstić information content (AvgIpc) is 3.16. The largest absolute Gasteiger partial charge is 0.464 e. The summed E-state index contributed by atoms with van der Waals surface area (Å²) in [5, 5.41) is 14.1. The molecule has 7 rings (SSSR count). The summed E-state index contributed by atoms with van der Waals surface area (Å²) in [4.78, 5) is 0. The highest BCUT2D eigenvalue weighted by Gasteiger charge is 2.10. The molecule has 1 nitrogen and oxygen atoms in total. The zero-order chi connectivity index (χ0) is 18.9. The van der Waals surface area contributed by atoms with E-state index >= 15 is 0 Å². The first-order chi connectivity index (χ1) is 14.4. The fraction of sp³-hybridized carbons (Fsp3) is 0. The van der Waals surface area contributed by atoms with Crippen LogP contribution in [-0.4, -0.2) is 0 Å². The van der Waals surface area contributed by atoms with E-state index < -0.39 is 0 Å². The molecule has 0 radical (unpaired) electrons. The van der Waals surface area contributed by atoms with E-state index in [-0.39, 0.29) is 0 Å². The molecule has 0 aliphatic rings. The summed E-state index contributed by atoms with van der Waals surface area (Å²) in [6, 6.07) is 33.0. The monoisotopic (exact) mass is 368 g/mol. The maximum absolute atomic E-state index is 5.71. The van der Waals surface area contributed by atoms with Gasteiger partial charge in [0.15, 0.2) is 0 Å². The van der Waals surface area contributed by atoms with E-state index in [1.54, 1.807) is 6.26 Å². The van der Waals surface area contributed by atoms with Crippen LogP contribution in [0.25, 0.3) is 64.8 Å². The maximum Gasteiger partial charge on any atom is 0.134 e. The highest BCUT2D eigenvalue weighted by Crippen LogP contribution is 2.38. The molecule has 0 unspecified atom stereocenters. The second-order valence-electron chi connectivity index (χ2n) is 7.80. The van der Waals surface area contributed by atoms with Gasteiger partial charge >= 0.3 is 0 Å². The van der Waals surface area contributed by atoms with Crippen molar-refractivity contribution < 1.29 is 4.42 Å². The standard InChI is InChI=1S/C28H16O/c1-2-5-20-17(4-1)15-27-21(20)10-11-22-23(27)9-7-18-14-19-8-12-28-24(6-3-13-29-28)26(19)16-25(18)22/h1-16H. The van der Waals surface area contributed by atoms with Gasteiger partial charge in [-0.2, -0.15) is 0 Å². The van der Waals surface area contributed by atoms with Gasteiger partial charge < -0.3 is 4.42 Å². The van der Waals surface area contributed by atoms with Crippen molar-refractivity contribution in [2.75, 3.05) is 0 Å². The second kappa shape index (κ2) is 5.36. The summed E-state index contributed by atoms with van der Waals surface area (Å²) in [6.07, 6.45) is 1.74. The van der Waals surface area contributed by atoms with E-state index in [1.807, 2.05) is 6.07 Å². The van der Waals surface area contributed by atoms with Crippen molar-refractivity contribution in [3.05, 3.63) is 97.3 Å². The number of hydrogen-bond donors (Lipinski definition) is 0. The lowest BCUT2D eigenvalue weighted by Crippen LogP contribution is -1.82. The Morgan fingerprint density at radius 3 is 1.97 bits per heavy atom. The van der Waals surface area contributed by atoms with Gasteiger partial charge in [0.1, 0.15) is 5.58 Å². The van der Waals surface area contributed by atoms with Gasteiger partial charge in [0, 0.05) is 5.39 Å². The Labute approximate surface area is 166 Å². The van der Waals surface area contributed by atoms with Crippen molar-refractivity contribution in [1.82, 2.24) is 0 Å². The molecule has 1 heteroatoms. The summed E-state index contributed by atoms with van der Waals surface area (Å²) < 4.78 is 5.71. The third kappa shape index (κ3) is 1.99. The van der Waals surface area contributed by atoms with Crippen LogP contribution in [-0.2, 0) is 0 Å². The fourth-order valence-electron chi connectivity index (χ4n) is 4.93. The first-order valence-corrected chi connectivity index (χ1v) is 9.94. The predicted octanol–water partition coefficient (Wildman–Crippen LogP) is 8.20. The van der Waals surface area contributed by atoms with Crippen LogP contribution in [0.2, 0.25) is 0 Å². The van der Waals surface area contributed by atoms with Gasteiger partial charge in [-0.3, -0.25) is 0 Å². The zero-order valence-electron chi connectivity index (χ0n) is 15.6. The second-order valence-corrected chi connectivity index (χ2v) is 7.80. The molecule has 7 aromatic rings. The van der Waals surface area contributed by atoms with Gasteiger partial charge in [0.25, 0.3) is 0 Å². The van der Waals surface area contributed by atoms with Crippen LogP contribution in [0.15, 0.2) is 102 Å². The van der Waals surface area contributed by atoms with Crippen LogP contribution in [0.1, 0.15) is 0 Å². The van der Waals surface area contributed by atoms with Crippen molar-refractivity contribution in [3.63, 3.8) is 0 Å². The van der Waals surface area contributed by atoms with E-state index in [4.69, 9.17) is 4.42 Å². The number of rotatable bonds is 0. The normalized spacial score (nSPS) is 12.1. The van der Waals surface area contributed by atoms with Crippen molar-refractivity contribution in [1.29, 1.82) is 0 Å². The molecular weight excluding hydrogens is 352 g/mol. The van der Waals surface area contributed by atoms with E-state index in [1.165, 1.54) is 53.9 Å². The molecule has 134 valence electrons. The van der Waals surface area contributed by atoms with Crippen molar-refractivity contribution in [2.45, 2.75) is 0 Å². The van der Waals surface area contributed by atoms with Gasteiger partial charge in [0.2, 0.25) is 0 Å². The Morgan fingerprint density at radius 2 is 1.03 bits per heavy atom. The first kappa shape index (κ1) is 15.1. The molecule has 0 spiro atoms. The topological polar surface area (TPSA) is 13.1 Å². The Morgan fingerprint density at radius 1 is 0.379 bits per heavy atom. The zero-order valence-corrected chi connectivity index (χ0v) is 15.6. The van der Waals surface area contributed by atoms with Crippen LogP contribution in [0.5, 0.6) is 0 Å². The Kier molecular flexibility index (Phi) is 2.80. The third-order valence-corrected chi connectivity index (χ3v) is 6.29. The molecule has 0 N–H and O–H groups in total. The summed E-state index contributed by atoms with van der Waals surface area (Å²) in [6.45, 7) is 0. The quantitative estimate of drug-likeness (QED) is 0.194. The van der Waals surface area contributed by atoms with Gasteiger partial charge in [0.05, 0.1) is 6.26 Å². The molecule has 0 saturated heterocycles. The van der Waals surface area contributed by atoms with E-state index in [0.29, 0.717) is 0 Å². The molecule has 1 heterocycles. The predicted molar refractivity (Wildman–Crippen MR) is 124 cm³/mol. The maximum atomic E-state index is 5.71. The summed E-state index contributed by atoms with van der Waals surface area (Å²) >= 11 is 0. The van der Waals surface area contributed by atoms with E-state index in [2.05, 4.69) is 84.9 Å². The third-order valence-electron chi connectivity index (χ3n) is 6.29. The highest BCUT2D eigenvalue weighted by molar-refractivity contribution is 6.26. The Bertz CT molecular complexity index is 1750.